The van der Waals surface area contributed by atoms with Crippen molar-refractivity contribution in [3.63, 3.8) is 0 Å². The third-order valence-corrected chi connectivity index (χ3v) is 3.65. The predicted octanol–water partition coefficient (Wildman–Crippen LogP) is 2.44. The van der Waals surface area contributed by atoms with Crippen LogP contribution in [0.4, 0.5) is 5.00 Å². The summed E-state index contributed by atoms with van der Waals surface area (Å²) in [6, 6.07) is 9.50. The molecule has 110 valence electrons. The van der Waals surface area contributed by atoms with Gasteiger partial charge in [0, 0.05) is 11.9 Å². The average Bonchev–Trinajstić information content (AvgIpc) is 2.88. The first-order valence-corrected chi connectivity index (χ1v) is 7.37. The molecular formula is C15H16N2O3S. The molecule has 0 atom stereocenters. The number of amides is 1. The standard InChI is InChI=1S/C15H16N2O3S/c1-2-20-15(19)11-9-21-13(16)12(11)14(18)17-8-10-6-4-3-5-7-10/h3-7,9H,2,8,16H2,1H3,(H,17,18). The van der Waals surface area contributed by atoms with Gasteiger partial charge in [0.2, 0.25) is 0 Å². The van der Waals surface area contributed by atoms with Gasteiger partial charge in [0.15, 0.2) is 0 Å². The fourth-order valence-corrected chi connectivity index (χ4v) is 2.61. The van der Waals surface area contributed by atoms with Crippen LogP contribution >= 0.6 is 11.3 Å². The lowest BCUT2D eigenvalue weighted by Gasteiger charge is -2.07. The van der Waals surface area contributed by atoms with Gasteiger partial charge in [0.25, 0.3) is 5.91 Å². The third-order valence-electron chi connectivity index (χ3n) is 2.84. The smallest absolute Gasteiger partial charge is 0.339 e. The number of hydrogen-bond donors (Lipinski definition) is 2. The molecule has 0 spiro atoms. The van der Waals surface area contributed by atoms with E-state index < -0.39 is 5.97 Å². The molecule has 0 fully saturated rings. The Morgan fingerprint density at radius 2 is 2.00 bits per heavy atom. The number of carbonyl (C=O) groups excluding carboxylic acids is 2. The summed E-state index contributed by atoms with van der Waals surface area (Å²) in [6.07, 6.45) is 0. The molecule has 3 N–H and O–H groups in total. The van der Waals surface area contributed by atoms with E-state index in [0.29, 0.717) is 11.5 Å². The molecule has 2 aromatic rings. The molecule has 1 aromatic carbocycles. The summed E-state index contributed by atoms with van der Waals surface area (Å²) >= 11 is 1.15. The van der Waals surface area contributed by atoms with E-state index in [1.807, 2.05) is 30.3 Å². The summed E-state index contributed by atoms with van der Waals surface area (Å²) in [4.78, 5) is 24.0. The lowest BCUT2D eigenvalue weighted by atomic mass is 10.1. The van der Waals surface area contributed by atoms with Gasteiger partial charge in [-0.25, -0.2) is 4.79 Å². The molecule has 0 aliphatic heterocycles. The van der Waals surface area contributed by atoms with Crippen LogP contribution in [-0.2, 0) is 11.3 Å². The number of thiophene rings is 1. The van der Waals surface area contributed by atoms with E-state index in [9.17, 15) is 9.59 Å². The van der Waals surface area contributed by atoms with Gasteiger partial charge in [0.05, 0.1) is 22.7 Å². The first-order chi connectivity index (χ1) is 10.1. The van der Waals surface area contributed by atoms with Crippen LogP contribution in [0.25, 0.3) is 0 Å². The topological polar surface area (TPSA) is 81.4 Å². The van der Waals surface area contributed by atoms with Crippen molar-refractivity contribution in [3.05, 3.63) is 52.4 Å². The first kappa shape index (κ1) is 15.1. The van der Waals surface area contributed by atoms with E-state index in [1.54, 1.807) is 12.3 Å². The Balaban J connectivity index is 2.12. The van der Waals surface area contributed by atoms with Gasteiger partial charge >= 0.3 is 5.97 Å². The molecule has 1 heterocycles. The Morgan fingerprint density at radius 1 is 1.29 bits per heavy atom. The van der Waals surface area contributed by atoms with Gasteiger partial charge in [-0.1, -0.05) is 30.3 Å². The molecule has 21 heavy (non-hydrogen) atoms. The monoisotopic (exact) mass is 304 g/mol. The molecular weight excluding hydrogens is 288 g/mol. The zero-order valence-corrected chi connectivity index (χ0v) is 12.4. The number of carbonyl (C=O) groups is 2. The Hall–Kier alpha value is -2.34. The van der Waals surface area contributed by atoms with Crippen LogP contribution in [0.15, 0.2) is 35.7 Å². The third kappa shape index (κ3) is 3.61. The fraction of sp³-hybridized carbons (Fsp3) is 0.200. The number of hydrogen-bond acceptors (Lipinski definition) is 5. The SMILES string of the molecule is CCOC(=O)c1csc(N)c1C(=O)NCc1ccccc1. The minimum atomic E-state index is -0.532. The summed E-state index contributed by atoms with van der Waals surface area (Å²) in [5.74, 6) is -0.907. The van der Waals surface area contributed by atoms with Crippen molar-refractivity contribution in [2.45, 2.75) is 13.5 Å². The van der Waals surface area contributed by atoms with Crippen molar-refractivity contribution < 1.29 is 14.3 Å². The molecule has 5 nitrogen and oxygen atoms in total. The molecule has 0 saturated carbocycles. The van der Waals surface area contributed by atoms with E-state index in [2.05, 4.69) is 5.32 Å². The van der Waals surface area contributed by atoms with Gasteiger partial charge in [-0.2, -0.15) is 0 Å². The second kappa shape index (κ2) is 6.90. The molecule has 0 saturated heterocycles. The highest BCUT2D eigenvalue weighted by Crippen LogP contribution is 2.25. The molecule has 0 aliphatic carbocycles. The molecule has 0 radical (unpaired) electrons. The lowest BCUT2D eigenvalue weighted by Crippen LogP contribution is -2.25. The first-order valence-electron chi connectivity index (χ1n) is 6.49. The van der Waals surface area contributed by atoms with Gasteiger partial charge in [-0.15, -0.1) is 11.3 Å². The maximum absolute atomic E-state index is 12.2. The van der Waals surface area contributed by atoms with Crippen LogP contribution in [0.3, 0.4) is 0 Å². The summed E-state index contributed by atoms with van der Waals surface area (Å²) < 4.78 is 4.93. The van der Waals surface area contributed by atoms with Gasteiger partial charge in [-0.3, -0.25) is 4.79 Å². The summed E-state index contributed by atoms with van der Waals surface area (Å²) in [6.45, 7) is 2.33. The normalized spacial score (nSPS) is 10.1. The summed E-state index contributed by atoms with van der Waals surface area (Å²) in [5, 5.41) is 4.61. The number of anilines is 1. The van der Waals surface area contributed by atoms with Crippen molar-refractivity contribution in [2.24, 2.45) is 0 Å². The number of benzene rings is 1. The van der Waals surface area contributed by atoms with Gasteiger partial charge < -0.3 is 15.8 Å². The fourth-order valence-electron chi connectivity index (χ4n) is 1.83. The lowest BCUT2D eigenvalue weighted by molar-refractivity contribution is 0.0523. The molecule has 0 aliphatic rings. The molecule has 1 aromatic heterocycles. The van der Waals surface area contributed by atoms with E-state index in [0.717, 1.165) is 16.9 Å². The minimum absolute atomic E-state index is 0.189. The highest BCUT2D eigenvalue weighted by Gasteiger charge is 2.22. The summed E-state index contributed by atoms with van der Waals surface area (Å²) in [7, 11) is 0. The van der Waals surface area contributed by atoms with E-state index in [-0.39, 0.29) is 23.6 Å². The quantitative estimate of drug-likeness (QED) is 0.831. The van der Waals surface area contributed by atoms with Gasteiger partial charge in [0.1, 0.15) is 0 Å². The predicted molar refractivity (Wildman–Crippen MR) is 82.3 cm³/mol. The Labute approximate surface area is 126 Å². The highest BCUT2D eigenvalue weighted by atomic mass is 32.1. The van der Waals surface area contributed by atoms with Gasteiger partial charge in [-0.05, 0) is 12.5 Å². The zero-order valence-electron chi connectivity index (χ0n) is 11.6. The molecule has 0 unspecified atom stereocenters. The van der Waals surface area contributed by atoms with Crippen LogP contribution in [0.2, 0.25) is 0 Å². The number of nitrogens with two attached hydrogens (primary N) is 1. The Kier molecular flexibility index (Phi) is 4.94. The maximum atomic E-state index is 12.2. The van der Waals surface area contributed by atoms with E-state index in [1.165, 1.54) is 0 Å². The highest BCUT2D eigenvalue weighted by molar-refractivity contribution is 7.14. The average molecular weight is 304 g/mol. The largest absolute Gasteiger partial charge is 0.462 e. The van der Waals surface area contributed by atoms with Crippen LogP contribution in [0, 0.1) is 0 Å². The molecule has 2 rings (SSSR count). The minimum Gasteiger partial charge on any atom is -0.462 e. The number of esters is 1. The molecule has 1 amide bonds. The zero-order chi connectivity index (χ0) is 15.2. The number of nitrogens with one attached hydrogen (secondary N) is 1. The number of rotatable bonds is 5. The van der Waals surface area contributed by atoms with Crippen molar-refractivity contribution in [1.29, 1.82) is 0 Å². The number of nitrogen functional groups attached to an aromatic ring is 1. The van der Waals surface area contributed by atoms with E-state index in [4.69, 9.17) is 10.5 Å². The Bertz CT molecular complexity index is 638. The molecule has 0 bridgehead atoms. The van der Waals surface area contributed by atoms with Crippen molar-refractivity contribution >= 4 is 28.2 Å². The van der Waals surface area contributed by atoms with E-state index >= 15 is 0 Å². The number of ether oxygens (including phenoxy) is 1. The second-order valence-electron chi connectivity index (χ2n) is 4.28. The van der Waals surface area contributed by atoms with Crippen molar-refractivity contribution in [2.75, 3.05) is 12.3 Å². The van der Waals surface area contributed by atoms with Crippen molar-refractivity contribution in [1.82, 2.24) is 5.32 Å². The maximum Gasteiger partial charge on any atom is 0.339 e. The second-order valence-corrected chi connectivity index (χ2v) is 5.19. The Morgan fingerprint density at radius 3 is 2.67 bits per heavy atom. The van der Waals surface area contributed by atoms with Crippen LogP contribution < -0.4 is 11.1 Å². The van der Waals surface area contributed by atoms with Crippen LogP contribution in [0.1, 0.15) is 33.2 Å². The van der Waals surface area contributed by atoms with Crippen LogP contribution in [0.5, 0.6) is 0 Å². The van der Waals surface area contributed by atoms with Crippen LogP contribution in [-0.4, -0.2) is 18.5 Å². The van der Waals surface area contributed by atoms with Crippen molar-refractivity contribution in [3.8, 4) is 0 Å². The molecule has 6 heteroatoms. The summed E-state index contributed by atoms with van der Waals surface area (Å²) in [5.41, 5.74) is 7.17.